The summed E-state index contributed by atoms with van der Waals surface area (Å²) in [6, 6.07) is 4.02. The molecule has 1 amide bonds. The van der Waals surface area contributed by atoms with Crippen molar-refractivity contribution in [2.75, 3.05) is 32.4 Å². The average Bonchev–Trinajstić information content (AvgIpc) is 2.38. The van der Waals surface area contributed by atoms with E-state index < -0.39 is 4.92 Å². The molecule has 20 heavy (non-hydrogen) atoms. The lowest BCUT2D eigenvalue weighted by Crippen LogP contribution is -2.52. The number of hydrogen-bond acceptors (Lipinski definition) is 5. The predicted molar refractivity (Wildman–Crippen MR) is 75.5 cm³/mol. The number of likely N-dealkylation sites (N-methyl/N-ethyl adjacent to an activating group) is 1. The first-order valence-corrected chi connectivity index (χ1v) is 6.43. The van der Waals surface area contributed by atoms with E-state index in [-0.39, 0.29) is 28.9 Å². The third kappa shape index (κ3) is 2.72. The molecule has 0 aliphatic carbocycles. The first kappa shape index (κ1) is 14.3. The summed E-state index contributed by atoms with van der Waals surface area (Å²) in [5.74, 6) is -0.244. The van der Waals surface area contributed by atoms with Crippen molar-refractivity contribution >= 4 is 17.3 Å². The third-order valence-electron chi connectivity index (χ3n) is 3.57. The molecule has 2 N–H and O–H groups in total. The van der Waals surface area contributed by atoms with Gasteiger partial charge in [-0.2, -0.15) is 0 Å². The molecule has 7 heteroatoms. The number of rotatable bonds is 2. The van der Waals surface area contributed by atoms with Gasteiger partial charge in [-0.1, -0.05) is 0 Å². The van der Waals surface area contributed by atoms with E-state index >= 15 is 0 Å². The molecule has 1 heterocycles. The zero-order chi connectivity index (χ0) is 14.9. The van der Waals surface area contributed by atoms with Crippen LogP contribution < -0.4 is 5.73 Å². The van der Waals surface area contributed by atoms with E-state index in [9.17, 15) is 14.9 Å². The Kier molecular flexibility index (Phi) is 3.89. The number of piperazine rings is 1. The summed E-state index contributed by atoms with van der Waals surface area (Å²) in [4.78, 5) is 26.7. The summed E-state index contributed by atoms with van der Waals surface area (Å²) in [7, 11) is 2.00. The molecular weight excluding hydrogens is 260 g/mol. The maximum atomic E-state index is 12.5. The number of anilines is 1. The number of nitro groups is 1. The van der Waals surface area contributed by atoms with Gasteiger partial charge in [0.05, 0.1) is 10.5 Å². The zero-order valence-electron chi connectivity index (χ0n) is 11.6. The highest BCUT2D eigenvalue weighted by atomic mass is 16.6. The Labute approximate surface area is 117 Å². The fourth-order valence-corrected chi connectivity index (χ4v) is 2.44. The van der Waals surface area contributed by atoms with E-state index in [1.807, 2.05) is 14.0 Å². The molecule has 1 atom stereocenters. The lowest BCUT2D eigenvalue weighted by Gasteiger charge is -2.38. The monoisotopic (exact) mass is 278 g/mol. The van der Waals surface area contributed by atoms with E-state index in [0.717, 1.165) is 13.1 Å². The third-order valence-corrected chi connectivity index (χ3v) is 3.57. The van der Waals surface area contributed by atoms with Gasteiger partial charge in [0.15, 0.2) is 0 Å². The Morgan fingerprint density at radius 2 is 2.15 bits per heavy atom. The number of carbonyl (C=O) groups excluding carboxylic acids is 1. The van der Waals surface area contributed by atoms with Crippen LogP contribution in [-0.4, -0.2) is 53.4 Å². The minimum atomic E-state index is -0.524. The summed E-state index contributed by atoms with van der Waals surface area (Å²) in [6.07, 6.45) is 0. The lowest BCUT2D eigenvalue weighted by atomic mass is 10.1. The molecule has 1 aliphatic heterocycles. The molecular formula is C13H18N4O3. The van der Waals surface area contributed by atoms with Crippen molar-refractivity contribution in [1.29, 1.82) is 0 Å². The highest BCUT2D eigenvalue weighted by Crippen LogP contribution is 2.23. The van der Waals surface area contributed by atoms with Gasteiger partial charge in [-0.25, -0.2) is 0 Å². The van der Waals surface area contributed by atoms with Gasteiger partial charge in [-0.3, -0.25) is 14.9 Å². The minimum absolute atomic E-state index is 0.0555. The number of hydrogen-bond donors (Lipinski definition) is 1. The molecule has 2 rings (SSSR count). The van der Waals surface area contributed by atoms with Gasteiger partial charge >= 0.3 is 0 Å². The van der Waals surface area contributed by atoms with Gasteiger partial charge in [-0.05, 0) is 20.0 Å². The SMILES string of the molecule is CC1CN(C)CCN1C(=O)c1cc([N+](=O)[O-])ccc1N. The van der Waals surface area contributed by atoms with Crippen LogP contribution in [0.2, 0.25) is 0 Å². The number of non-ortho nitro benzene ring substituents is 1. The van der Waals surface area contributed by atoms with Crippen molar-refractivity contribution in [2.45, 2.75) is 13.0 Å². The van der Waals surface area contributed by atoms with Crippen molar-refractivity contribution in [1.82, 2.24) is 9.80 Å². The Bertz CT molecular complexity index is 546. The molecule has 0 bridgehead atoms. The molecule has 1 saturated heterocycles. The number of carbonyl (C=O) groups is 1. The number of benzene rings is 1. The Hall–Kier alpha value is -2.15. The summed E-state index contributed by atoms with van der Waals surface area (Å²) in [5, 5.41) is 10.8. The molecule has 108 valence electrons. The Balaban J connectivity index is 2.29. The number of nitrogens with two attached hydrogens (primary N) is 1. The first-order valence-electron chi connectivity index (χ1n) is 6.43. The average molecular weight is 278 g/mol. The van der Waals surface area contributed by atoms with Gasteiger partial charge in [0.2, 0.25) is 0 Å². The van der Waals surface area contributed by atoms with Crippen LogP contribution in [0.4, 0.5) is 11.4 Å². The Morgan fingerprint density at radius 3 is 2.75 bits per heavy atom. The van der Waals surface area contributed by atoms with Crippen LogP contribution in [0.5, 0.6) is 0 Å². The molecule has 1 aliphatic rings. The predicted octanol–water partition coefficient (Wildman–Crippen LogP) is 0.953. The second kappa shape index (κ2) is 5.46. The minimum Gasteiger partial charge on any atom is -0.398 e. The van der Waals surface area contributed by atoms with Crippen LogP contribution in [0, 0.1) is 10.1 Å². The van der Waals surface area contributed by atoms with Crippen molar-refractivity contribution in [3.63, 3.8) is 0 Å². The van der Waals surface area contributed by atoms with Gasteiger partial charge < -0.3 is 15.5 Å². The van der Waals surface area contributed by atoms with E-state index in [4.69, 9.17) is 5.73 Å². The number of amides is 1. The van der Waals surface area contributed by atoms with E-state index in [2.05, 4.69) is 4.90 Å². The van der Waals surface area contributed by atoms with Crippen LogP contribution in [0.3, 0.4) is 0 Å². The summed E-state index contributed by atoms with van der Waals surface area (Å²) < 4.78 is 0. The first-order chi connectivity index (χ1) is 9.40. The van der Waals surface area contributed by atoms with Crippen molar-refractivity contribution < 1.29 is 9.72 Å². The van der Waals surface area contributed by atoms with Gasteiger partial charge in [0, 0.05) is 43.5 Å². The summed E-state index contributed by atoms with van der Waals surface area (Å²) in [5.41, 5.74) is 6.14. The van der Waals surface area contributed by atoms with Gasteiger partial charge in [0.25, 0.3) is 11.6 Å². The molecule has 1 unspecified atom stereocenters. The molecule has 0 radical (unpaired) electrons. The number of nitro benzene ring substituents is 1. The van der Waals surface area contributed by atoms with Gasteiger partial charge in [-0.15, -0.1) is 0 Å². The quantitative estimate of drug-likeness (QED) is 0.494. The van der Waals surface area contributed by atoms with Crippen LogP contribution >= 0.6 is 0 Å². The maximum absolute atomic E-state index is 12.5. The van der Waals surface area contributed by atoms with E-state index in [0.29, 0.717) is 6.54 Å². The standard InChI is InChI=1S/C13H18N4O3/c1-9-8-15(2)5-6-16(9)13(18)11-7-10(17(19)20)3-4-12(11)14/h3-4,7,9H,5-6,8,14H2,1-2H3. The normalized spacial score (nSPS) is 19.9. The number of nitrogen functional groups attached to an aromatic ring is 1. The van der Waals surface area contributed by atoms with Crippen molar-refractivity contribution in [3.05, 3.63) is 33.9 Å². The van der Waals surface area contributed by atoms with Crippen LogP contribution in [-0.2, 0) is 0 Å². The molecule has 1 fully saturated rings. The van der Waals surface area contributed by atoms with E-state index in [1.54, 1.807) is 4.90 Å². The second-order valence-electron chi connectivity index (χ2n) is 5.14. The van der Waals surface area contributed by atoms with Crippen LogP contribution in [0.15, 0.2) is 18.2 Å². The second-order valence-corrected chi connectivity index (χ2v) is 5.14. The smallest absolute Gasteiger partial charge is 0.270 e. The highest BCUT2D eigenvalue weighted by molar-refractivity contribution is 6.00. The molecule has 0 aromatic heterocycles. The topological polar surface area (TPSA) is 92.7 Å². The Morgan fingerprint density at radius 1 is 1.45 bits per heavy atom. The molecule has 7 nitrogen and oxygen atoms in total. The lowest BCUT2D eigenvalue weighted by molar-refractivity contribution is -0.384. The fourth-order valence-electron chi connectivity index (χ4n) is 2.44. The van der Waals surface area contributed by atoms with Crippen LogP contribution in [0.25, 0.3) is 0 Å². The van der Waals surface area contributed by atoms with Crippen molar-refractivity contribution in [2.24, 2.45) is 0 Å². The molecule has 1 aromatic carbocycles. The van der Waals surface area contributed by atoms with E-state index in [1.165, 1.54) is 18.2 Å². The maximum Gasteiger partial charge on any atom is 0.270 e. The van der Waals surface area contributed by atoms with Crippen LogP contribution in [0.1, 0.15) is 17.3 Å². The molecule has 0 spiro atoms. The molecule has 1 aromatic rings. The summed E-state index contributed by atoms with van der Waals surface area (Å²) in [6.45, 7) is 4.12. The zero-order valence-corrected chi connectivity index (χ0v) is 11.6. The van der Waals surface area contributed by atoms with Crippen molar-refractivity contribution in [3.8, 4) is 0 Å². The highest BCUT2D eigenvalue weighted by Gasteiger charge is 2.28. The van der Waals surface area contributed by atoms with Gasteiger partial charge in [0.1, 0.15) is 0 Å². The summed E-state index contributed by atoms with van der Waals surface area (Å²) >= 11 is 0. The fraction of sp³-hybridized carbons (Fsp3) is 0.462. The number of nitrogens with zero attached hydrogens (tertiary/aromatic N) is 3. The largest absolute Gasteiger partial charge is 0.398 e. The molecule has 0 saturated carbocycles.